The molecular formula is C20H26BO2. The highest BCUT2D eigenvalue weighted by Gasteiger charge is 2.11. The SMILES string of the molecule is CCc1cccc(O[B]Oc2cccc(CC)c2CC)c1CC. The van der Waals surface area contributed by atoms with Crippen LogP contribution in [-0.4, -0.2) is 7.69 Å². The van der Waals surface area contributed by atoms with Gasteiger partial charge in [-0.15, -0.1) is 0 Å². The fraction of sp³-hybridized carbons (Fsp3) is 0.400. The Bertz CT molecular complexity index is 582. The van der Waals surface area contributed by atoms with E-state index in [1.807, 2.05) is 24.3 Å². The summed E-state index contributed by atoms with van der Waals surface area (Å²) in [4.78, 5) is 0. The maximum absolute atomic E-state index is 5.80. The highest BCUT2D eigenvalue weighted by Crippen LogP contribution is 2.25. The molecule has 0 aliphatic rings. The lowest BCUT2D eigenvalue weighted by Gasteiger charge is -2.15. The number of hydrogen-bond acceptors (Lipinski definition) is 2. The minimum absolute atomic E-state index is 0.886. The van der Waals surface area contributed by atoms with Gasteiger partial charge in [0.25, 0.3) is 0 Å². The van der Waals surface area contributed by atoms with Crippen LogP contribution in [0, 0.1) is 0 Å². The second kappa shape index (κ2) is 8.66. The van der Waals surface area contributed by atoms with Crippen LogP contribution in [0.1, 0.15) is 49.9 Å². The summed E-state index contributed by atoms with van der Waals surface area (Å²) in [6.45, 7) is 8.65. The van der Waals surface area contributed by atoms with E-state index in [1.54, 1.807) is 0 Å². The Morgan fingerprint density at radius 3 is 1.43 bits per heavy atom. The normalized spacial score (nSPS) is 10.4. The molecule has 3 heteroatoms. The summed E-state index contributed by atoms with van der Waals surface area (Å²) in [6, 6.07) is 12.4. The van der Waals surface area contributed by atoms with E-state index in [0.29, 0.717) is 0 Å². The first-order valence-corrected chi connectivity index (χ1v) is 8.61. The van der Waals surface area contributed by atoms with Crippen LogP contribution in [0.3, 0.4) is 0 Å². The summed E-state index contributed by atoms with van der Waals surface area (Å²) in [5.74, 6) is 1.77. The molecule has 0 aliphatic carbocycles. The van der Waals surface area contributed by atoms with Crippen molar-refractivity contribution in [3.05, 3.63) is 58.7 Å². The lowest BCUT2D eigenvalue weighted by molar-refractivity contribution is 0.452. The van der Waals surface area contributed by atoms with Crippen molar-refractivity contribution in [3.63, 3.8) is 0 Å². The van der Waals surface area contributed by atoms with Crippen molar-refractivity contribution in [3.8, 4) is 11.5 Å². The summed E-state index contributed by atoms with van der Waals surface area (Å²) >= 11 is 0. The molecule has 0 heterocycles. The topological polar surface area (TPSA) is 18.5 Å². The van der Waals surface area contributed by atoms with Gasteiger partial charge in [0.2, 0.25) is 0 Å². The van der Waals surface area contributed by atoms with Gasteiger partial charge in [-0.2, -0.15) is 0 Å². The van der Waals surface area contributed by atoms with Gasteiger partial charge in [-0.05, 0) is 60.1 Å². The molecule has 23 heavy (non-hydrogen) atoms. The smallest absolute Gasteiger partial charge is 0.526 e. The molecule has 0 spiro atoms. The predicted octanol–water partition coefficient (Wildman–Crippen LogP) is 4.93. The van der Waals surface area contributed by atoms with Crippen molar-refractivity contribution in [2.75, 3.05) is 0 Å². The van der Waals surface area contributed by atoms with Crippen LogP contribution in [-0.2, 0) is 25.7 Å². The van der Waals surface area contributed by atoms with Crippen LogP contribution in [0.5, 0.6) is 11.5 Å². The van der Waals surface area contributed by atoms with Crippen molar-refractivity contribution in [2.24, 2.45) is 0 Å². The molecule has 0 unspecified atom stereocenters. The van der Waals surface area contributed by atoms with Crippen LogP contribution in [0.2, 0.25) is 0 Å². The quantitative estimate of drug-likeness (QED) is 0.644. The number of rotatable bonds is 8. The lowest BCUT2D eigenvalue weighted by Crippen LogP contribution is -2.14. The fourth-order valence-corrected chi connectivity index (χ4v) is 3.04. The Morgan fingerprint density at radius 1 is 0.652 bits per heavy atom. The van der Waals surface area contributed by atoms with Crippen LogP contribution in [0.4, 0.5) is 0 Å². The summed E-state index contributed by atoms with van der Waals surface area (Å²) in [7, 11) is 1.46. The third kappa shape index (κ3) is 4.10. The van der Waals surface area contributed by atoms with Crippen molar-refractivity contribution in [1.82, 2.24) is 0 Å². The molecule has 2 rings (SSSR count). The average molecular weight is 309 g/mol. The van der Waals surface area contributed by atoms with Crippen molar-refractivity contribution in [2.45, 2.75) is 53.4 Å². The first-order chi connectivity index (χ1) is 11.2. The van der Waals surface area contributed by atoms with Gasteiger partial charge in [0, 0.05) is 0 Å². The molecule has 0 amide bonds. The van der Waals surface area contributed by atoms with Gasteiger partial charge in [-0.25, -0.2) is 0 Å². The van der Waals surface area contributed by atoms with E-state index in [0.717, 1.165) is 37.2 Å². The van der Waals surface area contributed by atoms with E-state index in [1.165, 1.54) is 29.9 Å². The zero-order valence-electron chi connectivity index (χ0n) is 14.7. The second-order valence-electron chi connectivity index (χ2n) is 5.53. The zero-order valence-corrected chi connectivity index (χ0v) is 14.7. The minimum atomic E-state index is 0.886. The zero-order chi connectivity index (χ0) is 16.7. The minimum Gasteiger partial charge on any atom is -0.526 e. The molecule has 0 atom stereocenters. The molecule has 2 nitrogen and oxygen atoms in total. The molecule has 0 saturated heterocycles. The van der Waals surface area contributed by atoms with Crippen LogP contribution < -0.4 is 9.31 Å². The monoisotopic (exact) mass is 309 g/mol. The van der Waals surface area contributed by atoms with Crippen LogP contribution in [0.15, 0.2) is 36.4 Å². The van der Waals surface area contributed by atoms with Gasteiger partial charge in [0.15, 0.2) is 0 Å². The van der Waals surface area contributed by atoms with Crippen LogP contribution >= 0.6 is 0 Å². The molecule has 2 aromatic carbocycles. The maximum atomic E-state index is 5.80. The van der Waals surface area contributed by atoms with Gasteiger partial charge in [-0.1, -0.05) is 52.0 Å². The summed E-state index contributed by atoms with van der Waals surface area (Å²) in [5.41, 5.74) is 5.18. The molecule has 2 aromatic rings. The van der Waals surface area contributed by atoms with E-state index in [-0.39, 0.29) is 0 Å². The summed E-state index contributed by atoms with van der Waals surface area (Å²) in [5, 5.41) is 0. The number of hydrogen-bond donors (Lipinski definition) is 0. The van der Waals surface area contributed by atoms with Crippen LogP contribution in [0.25, 0.3) is 0 Å². The molecule has 0 aromatic heterocycles. The third-order valence-electron chi connectivity index (χ3n) is 4.28. The Morgan fingerprint density at radius 2 is 1.09 bits per heavy atom. The maximum Gasteiger partial charge on any atom is 0.658 e. The number of benzene rings is 2. The molecule has 0 aliphatic heterocycles. The Balaban J connectivity index is 2.09. The largest absolute Gasteiger partial charge is 0.658 e. The summed E-state index contributed by atoms with van der Waals surface area (Å²) < 4.78 is 11.6. The molecule has 0 bridgehead atoms. The summed E-state index contributed by atoms with van der Waals surface area (Å²) in [6.07, 6.45) is 3.94. The lowest BCUT2D eigenvalue weighted by atomic mass is 10.0. The Labute approximate surface area is 141 Å². The van der Waals surface area contributed by atoms with E-state index >= 15 is 0 Å². The first-order valence-electron chi connectivity index (χ1n) is 8.61. The van der Waals surface area contributed by atoms with Crippen molar-refractivity contribution < 1.29 is 9.31 Å². The molecule has 121 valence electrons. The van der Waals surface area contributed by atoms with Gasteiger partial charge in [0.1, 0.15) is 11.5 Å². The van der Waals surface area contributed by atoms with Gasteiger partial charge >= 0.3 is 7.69 Å². The fourth-order valence-electron chi connectivity index (χ4n) is 3.04. The Hall–Kier alpha value is -1.90. The van der Waals surface area contributed by atoms with Gasteiger partial charge < -0.3 is 9.31 Å². The van der Waals surface area contributed by atoms with E-state index in [2.05, 4.69) is 39.8 Å². The Kier molecular flexibility index (Phi) is 6.58. The molecule has 0 fully saturated rings. The molecule has 0 saturated carbocycles. The van der Waals surface area contributed by atoms with Gasteiger partial charge in [-0.3, -0.25) is 0 Å². The average Bonchev–Trinajstić information content (AvgIpc) is 2.60. The molecule has 1 radical (unpaired) electrons. The highest BCUT2D eigenvalue weighted by molar-refractivity contribution is 6.20. The first kappa shape index (κ1) is 17.5. The highest BCUT2D eigenvalue weighted by atomic mass is 16.6. The second-order valence-corrected chi connectivity index (χ2v) is 5.53. The van der Waals surface area contributed by atoms with E-state index in [9.17, 15) is 0 Å². The van der Waals surface area contributed by atoms with E-state index in [4.69, 9.17) is 9.31 Å². The molecular weight excluding hydrogens is 283 g/mol. The van der Waals surface area contributed by atoms with Gasteiger partial charge in [0.05, 0.1) is 0 Å². The van der Waals surface area contributed by atoms with E-state index < -0.39 is 0 Å². The standard InChI is InChI=1S/C20H26BO2/c1-5-15-11-9-13-19(17(15)7-3)22-21-23-20-14-10-12-16(6-2)18(20)8-4/h9-14H,5-8H2,1-4H3. The molecule has 0 N–H and O–H groups in total. The van der Waals surface area contributed by atoms with Crippen molar-refractivity contribution in [1.29, 1.82) is 0 Å². The van der Waals surface area contributed by atoms with Crippen molar-refractivity contribution >= 4 is 7.69 Å². The third-order valence-corrected chi connectivity index (χ3v) is 4.28. The predicted molar refractivity (Wildman–Crippen MR) is 97.4 cm³/mol. The number of aryl methyl sites for hydroxylation is 2.